The average Bonchev–Trinajstić information content (AvgIpc) is 2.93. The SMILES string of the molecule is CCNCc1ccn(Cc2cccc3cccnc23)c1. The Morgan fingerprint density at radius 2 is 2.05 bits per heavy atom. The van der Waals surface area contributed by atoms with E-state index in [0.29, 0.717) is 0 Å². The first-order valence-corrected chi connectivity index (χ1v) is 7.05. The molecule has 1 aromatic carbocycles. The number of rotatable bonds is 5. The highest BCUT2D eigenvalue weighted by atomic mass is 14.9. The molecule has 0 amide bonds. The van der Waals surface area contributed by atoms with Crippen molar-refractivity contribution in [1.82, 2.24) is 14.9 Å². The number of aromatic nitrogens is 2. The highest BCUT2D eigenvalue weighted by Gasteiger charge is 2.03. The Balaban J connectivity index is 1.84. The number of pyridine rings is 1. The zero-order chi connectivity index (χ0) is 13.8. The van der Waals surface area contributed by atoms with E-state index in [1.165, 1.54) is 16.5 Å². The molecule has 0 aliphatic rings. The van der Waals surface area contributed by atoms with Gasteiger partial charge in [-0.15, -0.1) is 0 Å². The third-order valence-corrected chi connectivity index (χ3v) is 3.46. The molecule has 0 aliphatic heterocycles. The van der Waals surface area contributed by atoms with Crippen LogP contribution in [0.4, 0.5) is 0 Å². The highest BCUT2D eigenvalue weighted by Crippen LogP contribution is 2.17. The predicted molar refractivity (Wildman–Crippen MR) is 82.7 cm³/mol. The summed E-state index contributed by atoms with van der Waals surface area (Å²) in [6, 6.07) is 12.6. The highest BCUT2D eigenvalue weighted by molar-refractivity contribution is 5.81. The molecule has 0 saturated heterocycles. The van der Waals surface area contributed by atoms with Gasteiger partial charge in [0.15, 0.2) is 0 Å². The van der Waals surface area contributed by atoms with Crippen molar-refractivity contribution >= 4 is 10.9 Å². The Hall–Kier alpha value is -2.13. The van der Waals surface area contributed by atoms with Crippen LogP contribution >= 0.6 is 0 Å². The van der Waals surface area contributed by atoms with Crippen LogP contribution in [0.3, 0.4) is 0 Å². The van der Waals surface area contributed by atoms with Crippen LogP contribution in [0.15, 0.2) is 55.0 Å². The number of benzene rings is 1. The fraction of sp³-hybridized carbons (Fsp3) is 0.235. The Kier molecular flexibility index (Phi) is 3.79. The number of fused-ring (bicyclic) bond motifs is 1. The van der Waals surface area contributed by atoms with Gasteiger partial charge in [0.05, 0.1) is 5.52 Å². The Morgan fingerprint density at radius 3 is 2.95 bits per heavy atom. The summed E-state index contributed by atoms with van der Waals surface area (Å²) in [5, 5.41) is 4.54. The molecule has 0 aliphatic carbocycles. The summed E-state index contributed by atoms with van der Waals surface area (Å²) in [6.07, 6.45) is 6.19. The molecule has 1 N–H and O–H groups in total. The first kappa shape index (κ1) is 12.9. The minimum absolute atomic E-state index is 0.862. The molecule has 2 heterocycles. The van der Waals surface area contributed by atoms with Gasteiger partial charge in [0.2, 0.25) is 0 Å². The van der Waals surface area contributed by atoms with Crippen molar-refractivity contribution < 1.29 is 0 Å². The first-order chi connectivity index (χ1) is 9.86. The van der Waals surface area contributed by atoms with E-state index in [1.807, 2.05) is 12.3 Å². The average molecular weight is 265 g/mol. The lowest BCUT2D eigenvalue weighted by atomic mass is 10.1. The van der Waals surface area contributed by atoms with E-state index < -0.39 is 0 Å². The molecule has 3 rings (SSSR count). The minimum Gasteiger partial charge on any atom is -0.349 e. The van der Waals surface area contributed by atoms with E-state index in [-0.39, 0.29) is 0 Å². The van der Waals surface area contributed by atoms with Crippen molar-refractivity contribution in [1.29, 1.82) is 0 Å². The van der Waals surface area contributed by atoms with Gasteiger partial charge in [-0.2, -0.15) is 0 Å². The number of hydrogen-bond donors (Lipinski definition) is 1. The largest absolute Gasteiger partial charge is 0.349 e. The molecule has 0 saturated carbocycles. The summed E-state index contributed by atoms with van der Waals surface area (Å²) < 4.78 is 2.22. The van der Waals surface area contributed by atoms with Gasteiger partial charge < -0.3 is 9.88 Å². The summed E-state index contributed by atoms with van der Waals surface area (Å²) >= 11 is 0. The lowest BCUT2D eigenvalue weighted by Crippen LogP contribution is -2.11. The maximum absolute atomic E-state index is 4.51. The maximum Gasteiger partial charge on any atom is 0.0751 e. The van der Waals surface area contributed by atoms with Gasteiger partial charge in [0.25, 0.3) is 0 Å². The third kappa shape index (κ3) is 2.73. The first-order valence-electron chi connectivity index (χ1n) is 7.05. The van der Waals surface area contributed by atoms with Crippen molar-refractivity contribution in [3.05, 3.63) is 66.1 Å². The molecule has 0 fully saturated rings. The van der Waals surface area contributed by atoms with Crippen LogP contribution < -0.4 is 5.32 Å². The molecule has 20 heavy (non-hydrogen) atoms. The zero-order valence-corrected chi connectivity index (χ0v) is 11.7. The van der Waals surface area contributed by atoms with Gasteiger partial charge >= 0.3 is 0 Å². The van der Waals surface area contributed by atoms with E-state index in [1.54, 1.807) is 0 Å². The molecular weight excluding hydrogens is 246 g/mol. The molecule has 0 atom stereocenters. The number of hydrogen-bond acceptors (Lipinski definition) is 2. The van der Waals surface area contributed by atoms with Crippen molar-refractivity contribution in [3.8, 4) is 0 Å². The van der Waals surface area contributed by atoms with Gasteiger partial charge in [0.1, 0.15) is 0 Å². The van der Waals surface area contributed by atoms with Gasteiger partial charge in [-0.25, -0.2) is 0 Å². The van der Waals surface area contributed by atoms with Crippen LogP contribution in [-0.4, -0.2) is 16.1 Å². The van der Waals surface area contributed by atoms with Crippen LogP contribution in [-0.2, 0) is 13.1 Å². The second kappa shape index (κ2) is 5.88. The van der Waals surface area contributed by atoms with E-state index in [0.717, 1.165) is 25.2 Å². The van der Waals surface area contributed by atoms with E-state index in [9.17, 15) is 0 Å². The molecule has 0 spiro atoms. The summed E-state index contributed by atoms with van der Waals surface area (Å²) in [7, 11) is 0. The van der Waals surface area contributed by atoms with Crippen LogP contribution in [0.2, 0.25) is 0 Å². The summed E-state index contributed by atoms with van der Waals surface area (Å²) in [5.74, 6) is 0. The normalized spacial score (nSPS) is 11.1. The molecule has 0 bridgehead atoms. The Bertz CT molecular complexity index is 695. The number of nitrogens with zero attached hydrogens (tertiary/aromatic N) is 2. The third-order valence-electron chi connectivity index (χ3n) is 3.46. The second-order valence-electron chi connectivity index (χ2n) is 4.96. The number of nitrogens with one attached hydrogen (secondary N) is 1. The van der Waals surface area contributed by atoms with Gasteiger partial charge in [-0.1, -0.05) is 31.2 Å². The summed E-state index contributed by atoms with van der Waals surface area (Å²) in [5.41, 5.74) is 3.67. The zero-order valence-electron chi connectivity index (χ0n) is 11.7. The van der Waals surface area contributed by atoms with E-state index in [2.05, 4.69) is 64.5 Å². The van der Waals surface area contributed by atoms with Crippen LogP contribution in [0, 0.1) is 0 Å². The summed E-state index contributed by atoms with van der Waals surface area (Å²) in [4.78, 5) is 4.51. The topological polar surface area (TPSA) is 29.9 Å². The van der Waals surface area contributed by atoms with Crippen LogP contribution in [0.1, 0.15) is 18.1 Å². The molecular formula is C17H19N3. The van der Waals surface area contributed by atoms with Crippen molar-refractivity contribution in [2.24, 2.45) is 0 Å². The fourth-order valence-corrected chi connectivity index (χ4v) is 2.45. The van der Waals surface area contributed by atoms with Gasteiger partial charge in [-0.3, -0.25) is 4.98 Å². The van der Waals surface area contributed by atoms with Gasteiger partial charge in [-0.05, 0) is 29.8 Å². The van der Waals surface area contributed by atoms with Crippen molar-refractivity contribution in [3.63, 3.8) is 0 Å². The smallest absolute Gasteiger partial charge is 0.0751 e. The Morgan fingerprint density at radius 1 is 1.15 bits per heavy atom. The molecule has 0 unspecified atom stereocenters. The molecule has 3 nitrogen and oxygen atoms in total. The molecule has 0 radical (unpaired) electrons. The Labute approximate surface area is 119 Å². The standard InChI is InChI=1S/C17H19N3/c1-2-18-11-14-8-10-20(12-14)13-16-6-3-5-15-7-4-9-19-17(15)16/h3-10,12,18H,2,11,13H2,1H3. The van der Waals surface area contributed by atoms with E-state index in [4.69, 9.17) is 0 Å². The number of para-hydroxylation sites is 1. The van der Waals surface area contributed by atoms with Crippen molar-refractivity contribution in [2.75, 3.05) is 6.54 Å². The molecule has 102 valence electrons. The monoisotopic (exact) mass is 265 g/mol. The van der Waals surface area contributed by atoms with E-state index >= 15 is 0 Å². The summed E-state index contributed by atoms with van der Waals surface area (Å²) in [6.45, 7) is 4.91. The predicted octanol–water partition coefficient (Wildman–Crippen LogP) is 3.19. The minimum atomic E-state index is 0.862. The second-order valence-corrected chi connectivity index (χ2v) is 4.96. The lowest BCUT2D eigenvalue weighted by Gasteiger charge is -2.06. The van der Waals surface area contributed by atoms with Crippen molar-refractivity contribution in [2.45, 2.75) is 20.0 Å². The fourth-order valence-electron chi connectivity index (χ4n) is 2.45. The van der Waals surface area contributed by atoms with Gasteiger partial charge in [0, 0.05) is 37.1 Å². The van der Waals surface area contributed by atoms with Crippen LogP contribution in [0.25, 0.3) is 10.9 Å². The maximum atomic E-state index is 4.51. The molecule has 2 aromatic heterocycles. The molecule has 3 aromatic rings. The quantitative estimate of drug-likeness (QED) is 0.768. The van der Waals surface area contributed by atoms with Crippen LogP contribution in [0.5, 0.6) is 0 Å². The lowest BCUT2D eigenvalue weighted by molar-refractivity contribution is 0.721. The molecule has 3 heteroatoms.